The zero-order valence-corrected chi connectivity index (χ0v) is 14.4. The molecule has 0 aromatic heterocycles. The summed E-state index contributed by atoms with van der Waals surface area (Å²) in [5.74, 6) is -0.939. The molecular formula is C20H20N2O4. The lowest BCUT2D eigenvalue weighted by atomic mass is 9.78. The topological polar surface area (TPSA) is 99.4 Å². The summed E-state index contributed by atoms with van der Waals surface area (Å²) >= 11 is 0. The highest BCUT2D eigenvalue weighted by molar-refractivity contribution is 5.84. The number of carbonyl (C=O) groups excluding carboxylic acids is 1. The Morgan fingerprint density at radius 2 is 1.81 bits per heavy atom. The second kappa shape index (κ2) is 8.67. The van der Waals surface area contributed by atoms with E-state index in [9.17, 15) is 14.7 Å². The van der Waals surface area contributed by atoms with E-state index in [1.54, 1.807) is 55.5 Å². The van der Waals surface area contributed by atoms with E-state index < -0.39 is 17.3 Å². The summed E-state index contributed by atoms with van der Waals surface area (Å²) in [6, 6.07) is 17.2. The number of rotatable bonds is 8. The summed E-state index contributed by atoms with van der Waals surface area (Å²) in [7, 11) is 0. The number of ether oxygens (including phenoxy) is 1. The average Bonchev–Trinajstić information content (AvgIpc) is 2.68. The molecule has 0 bridgehead atoms. The lowest BCUT2D eigenvalue weighted by molar-refractivity contribution is -0.144. The van der Waals surface area contributed by atoms with Crippen LogP contribution in [-0.2, 0) is 15.0 Å². The molecule has 1 atom stereocenters. The highest BCUT2D eigenvalue weighted by Gasteiger charge is 2.38. The maximum Gasteiger partial charge on any atom is 0.315 e. The summed E-state index contributed by atoms with van der Waals surface area (Å²) in [6.45, 7) is 1.51. The zero-order chi connectivity index (χ0) is 19.0. The molecule has 0 aliphatic rings. The highest BCUT2D eigenvalue weighted by atomic mass is 16.5. The summed E-state index contributed by atoms with van der Waals surface area (Å²) < 4.78 is 5.36. The van der Waals surface area contributed by atoms with Crippen molar-refractivity contribution in [3.63, 3.8) is 0 Å². The minimum atomic E-state index is -1.19. The van der Waals surface area contributed by atoms with E-state index in [-0.39, 0.29) is 13.2 Å². The standard InChI is InChI=1S/C20H20N2O4/c1-2-20(19(24)25,16-6-4-3-5-7-16)14-22-18(23)13-26-17-10-8-15(12-21)9-11-17/h3-11H,2,13-14H2,1H3,(H,22,23)(H,24,25). The van der Waals surface area contributed by atoms with Crippen molar-refractivity contribution in [2.24, 2.45) is 0 Å². The lowest BCUT2D eigenvalue weighted by Crippen LogP contribution is -2.47. The Morgan fingerprint density at radius 3 is 2.35 bits per heavy atom. The molecule has 6 heteroatoms. The number of nitriles is 1. The number of benzene rings is 2. The molecule has 0 radical (unpaired) electrons. The Hall–Kier alpha value is -3.33. The second-order valence-electron chi connectivity index (χ2n) is 5.81. The molecule has 1 unspecified atom stereocenters. The van der Waals surface area contributed by atoms with Gasteiger partial charge in [0, 0.05) is 6.54 Å². The quantitative estimate of drug-likeness (QED) is 0.760. The number of nitrogens with one attached hydrogen (secondary N) is 1. The highest BCUT2D eigenvalue weighted by Crippen LogP contribution is 2.27. The molecule has 2 N–H and O–H groups in total. The van der Waals surface area contributed by atoms with Gasteiger partial charge in [0.2, 0.25) is 0 Å². The molecule has 6 nitrogen and oxygen atoms in total. The Labute approximate surface area is 152 Å². The van der Waals surface area contributed by atoms with Gasteiger partial charge < -0.3 is 15.2 Å². The third kappa shape index (κ3) is 4.39. The summed E-state index contributed by atoms with van der Waals surface area (Å²) in [6.07, 6.45) is 0.336. The van der Waals surface area contributed by atoms with Crippen LogP contribution in [0.4, 0.5) is 0 Å². The Kier molecular flexibility index (Phi) is 6.34. The minimum absolute atomic E-state index is 0.0294. The Morgan fingerprint density at radius 1 is 1.15 bits per heavy atom. The third-order valence-corrected chi connectivity index (χ3v) is 4.28. The van der Waals surface area contributed by atoms with E-state index in [2.05, 4.69) is 5.32 Å². The molecule has 2 rings (SSSR count). The van der Waals surface area contributed by atoms with Crippen LogP contribution in [0.3, 0.4) is 0 Å². The predicted octanol–water partition coefficient (Wildman–Crippen LogP) is 2.49. The van der Waals surface area contributed by atoms with Gasteiger partial charge in [-0.25, -0.2) is 0 Å². The number of carboxylic acids is 1. The van der Waals surface area contributed by atoms with Gasteiger partial charge in [-0.3, -0.25) is 9.59 Å². The molecule has 0 saturated carbocycles. The zero-order valence-electron chi connectivity index (χ0n) is 14.4. The van der Waals surface area contributed by atoms with E-state index in [4.69, 9.17) is 10.00 Å². The number of hydrogen-bond donors (Lipinski definition) is 2. The van der Waals surface area contributed by atoms with Crippen molar-refractivity contribution in [1.29, 1.82) is 5.26 Å². The molecule has 2 aromatic rings. The SMILES string of the molecule is CCC(CNC(=O)COc1ccc(C#N)cc1)(C(=O)O)c1ccccc1. The van der Waals surface area contributed by atoms with E-state index in [1.807, 2.05) is 12.1 Å². The molecule has 0 aliphatic heterocycles. The number of carbonyl (C=O) groups is 2. The van der Waals surface area contributed by atoms with Crippen LogP contribution in [0.1, 0.15) is 24.5 Å². The fourth-order valence-corrected chi connectivity index (χ4v) is 2.61. The Balaban J connectivity index is 1.98. The van der Waals surface area contributed by atoms with Crippen LogP contribution in [0.5, 0.6) is 5.75 Å². The summed E-state index contributed by atoms with van der Waals surface area (Å²) in [4.78, 5) is 24.0. The number of carboxylic acid groups (broad SMARTS) is 1. The molecule has 26 heavy (non-hydrogen) atoms. The molecular weight excluding hydrogens is 332 g/mol. The van der Waals surface area contributed by atoms with Crippen LogP contribution in [0, 0.1) is 11.3 Å². The van der Waals surface area contributed by atoms with E-state index in [0.29, 0.717) is 23.3 Å². The van der Waals surface area contributed by atoms with Gasteiger partial charge in [-0.2, -0.15) is 5.26 Å². The van der Waals surface area contributed by atoms with Crippen molar-refractivity contribution in [2.45, 2.75) is 18.8 Å². The first-order chi connectivity index (χ1) is 12.5. The van der Waals surface area contributed by atoms with Crippen molar-refractivity contribution in [1.82, 2.24) is 5.32 Å². The van der Waals surface area contributed by atoms with E-state index >= 15 is 0 Å². The van der Waals surface area contributed by atoms with Gasteiger partial charge in [-0.05, 0) is 36.2 Å². The smallest absolute Gasteiger partial charge is 0.315 e. The molecule has 0 saturated heterocycles. The fourth-order valence-electron chi connectivity index (χ4n) is 2.61. The van der Waals surface area contributed by atoms with Gasteiger partial charge in [0.05, 0.1) is 11.6 Å². The van der Waals surface area contributed by atoms with Crippen LogP contribution in [0.25, 0.3) is 0 Å². The third-order valence-electron chi connectivity index (χ3n) is 4.28. The number of nitrogens with zero attached hydrogens (tertiary/aromatic N) is 1. The lowest BCUT2D eigenvalue weighted by Gasteiger charge is -2.29. The maximum atomic E-state index is 12.1. The van der Waals surface area contributed by atoms with Crippen molar-refractivity contribution < 1.29 is 19.4 Å². The molecule has 1 amide bonds. The first-order valence-electron chi connectivity index (χ1n) is 8.20. The van der Waals surface area contributed by atoms with E-state index in [1.165, 1.54) is 0 Å². The van der Waals surface area contributed by atoms with Crippen LogP contribution < -0.4 is 10.1 Å². The average molecular weight is 352 g/mol. The number of aliphatic carboxylic acids is 1. The maximum absolute atomic E-state index is 12.1. The van der Waals surface area contributed by atoms with Crippen LogP contribution in [0.2, 0.25) is 0 Å². The Bertz CT molecular complexity index is 797. The molecule has 0 fully saturated rings. The first kappa shape index (κ1) is 19.0. The molecule has 0 spiro atoms. The molecule has 0 heterocycles. The van der Waals surface area contributed by atoms with Gasteiger partial charge in [-0.1, -0.05) is 37.3 Å². The van der Waals surface area contributed by atoms with Gasteiger partial charge in [0.25, 0.3) is 5.91 Å². The van der Waals surface area contributed by atoms with Gasteiger partial charge in [0.1, 0.15) is 11.2 Å². The summed E-state index contributed by atoms with van der Waals surface area (Å²) in [5, 5.41) is 21.1. The molecule has 0 aliphatic carbocycles. The normalized spacial score (nSPS) is 12.5. The van der Waals surface area contributed by atoms with Crippen molar-refractivity contribution >= 4 is 11.9 Å². The molecule has 134 valence electrons. The largest absolute Gasteiger partial charge is 0.484 e. The van der Waals surface area contributed by atoms with Crippen molar-refractivity contribution in [3.8, 4) is 11.8 Å². The van der Waals surface area contributed by atoms with Crippen molar-refractivity contribution in [3.05, 3.63) is 65.7 Å². The van der Waals surface area contributed by atoms with E-state index in [0.717, 1.165) is 0 Å². The predicted molar refractivity (Wildman–Crippen MR) is 95.7 cm³/mol. The van der Waals surface area contributed by atoms with Gasteiger partial charge >= 0.3 is 5.97 Å². The van der Waals surface area contributed by atoms with Crippen LogP contribution in [-0.4, -0.2) is 30.1 Å². The number of hydrogen-bond acceptors (Lipinski definition) is 4. The monoisotopic (exact) mass is 352 g/mol. The first-order valence-corrected chi connectivity index (χ1v) is 8.20. The van der Waals surface area contributed by atoms with Crippen LogP contribution >= 0.6 is 0 Å². The molecule has 2 aromatic carbocycles. The minimum Gasteiger partial charge on any atom is -0.484 e. The number of amides is 1. The second-order valence-corrected chi connectivity index (χ2v) is 5.81. The summed E-state index contributed by atoms with van der Waals surface area (Å²) in [5.41, 5.74) is -0.0482. The van der Waals surface area contributed by atoms with Gasteiger partial charge in [-0.15, -0.1) is 0 Å². The van der Waals surface area contributed by atoms with Crippen LogP contribution in [0.15, 0.2) is 54.6 Å². The fraction of sp³-hybridized carbons (Fsp3) is 0.250. The van der Waals surface area contributed by atoms with Crippen molar-refractivity contribution in [2.75, 3.05) is 13.2 Å². The van der Waals surface area contributed by atoms with Gasteiger partial charge in [0.15, 0.2) is 6.61 Å².